The fourth-order valence-corrected chi connectivity index (χ4v) is 1.96. The molecule has 9 nitrogen and oxygen atoms in total. The topological polar surface area (TPSA) is 111 Å². The summed E-state index contributed by atoms with van der Waals surface area (Å²) >= 11 is 1.15. The number of thiazole rings is 1. The van der Waals surface area contributed by atoms with Crippen molar-refractivity contribution in [1.29, 1.82) is 0 Å². The van der Waals surface area contributed by atoms with Crippen molar-refractivity contribution >= 4 is 34.2 Å². The van der Waals surface area contributed by atoms with Crippen molar-refractivity contribution < 1.29 is 23.9 Å². The van der Waals surface area contributed by atoms with E-state index in [1.165, 1.54) is 7.05 Å². The number of anilines is 1. The minimum atomic E-state index is -0.614. The Labute approximate surface area is 151 Å². The van der Waals surface area contributed by atoms with Crippen molar-refractivity contribution in [3.8, 4) is 0 Å². The average molecular weight is 374 g/mol. The second-order valence-electron chi connectivity index (χ2n) is 5.51. The van der Waals surface area contributed by atoms with E-state index >= 15 is 0 Å². The van der Waals surface area contributed by atoms with Crippen LogP contribution in [0.3, 0.4) is 0 Å². The third-order valence-electron chi connectivity index (χ3n) is 2.08. The molecule has 1 heterocycles. The highest BCUT2D eigenvalue weighted by Crippen LogP contribution is 2.18. The number of hydrogen-bond donors (Lipinski definition) is 2. The first-order chi connectivity index (χ1) is 11.7. The van der Waals surface area contributed by atoms with Gasteiger partial charge in [0.05, 0.1) is 0 Å². The van der Waals surface area contributed by atoms with E-state index in [1.807, 2.05) is 0 Å². The van der Waals surface area contributed by atoms with Gasteiger partial charge in [0.2, 0.25) is 0 Å². The molecular weight excluding hydrogens is 348 g/mol. The highest BCUT2D eigenvalue weighted by Gasteiger charge is 2.20. The Hall–Kier alpha value is -2.20. The number of amides is 2. The molecule has 0 saturated carbocycles. The van der Waals surface area contributed by atoms with Gasteiger partial charge >= 0.3 is 6.09 Å². The van der Waals surface area contributed by atoms with E-state index in [4.69, 9.17) is 9.57 Å². The van der Waals surface area contributed by atoms with E-state index in [0.717, 1.165) is 11.3 Å². The van der Waals surface area contributed by atoms with Crippen LogP contribution in [0, 0.1) is 0 Å². The number of nitrogens with one attached hydrogen (secondary N) is 2. The lowest BCUT2D eigenvalue weighted by Crippen LogP contribution is -2.29. The zero-order valence-corrected chi connectivity index (χ0v) is 16.4. The number of carbonyl (C=O) groups excluding carboxylic acids is 2. The van der Waals surface area contributed by atoms with Gasteiger partial charge in [-0.25, -0.2) is 9.78 Å². The van der Waals surface area contributed by atoms with Gasteiger partial charge in [0.25, 0.3) is 5.91 Å². The van der Waals surface area contributed by atoms with Crippen molar-refractivity contribution in [3.05, 3.63) is 11.1 Å². The Balaban J connectivity index is 0.00000178. The van der Waals surface area contributed by atoms with Crippen LogP contribution in [0.5, 0.6) is 0 Å². The quantitative estimate of drug-likeness (QED) is 0.604. The van der Waals surface area contributed by atoms with Crippen LogP contribution in [0.2, 0.25) is 0 Å². The predicted octanol–water partition coefficient (Wildman–Crippen LogP) is 2.24. The number of carbonyl (C=O) groups is 2. The van der Waals surface area contributed by atoms with E-state index in [1.54, 1.807) is 47.3 Å². The Kier molecular flexibility index (Phi) is 10.4. The molecule has 0 aliphatic heterocycles. The maximum atomic E-state index is 11.8. The highest BCUT2D eigenvalue weighted by molar-refractivity contribution is 7.14. The second-order valence-corrected chi connectivity index (χ2v) is 6.37. The summed E-state index contributed by atoms with van der Waals surface area (Å²) in [6.45, 7) is 7.37. The summed E-state index contributed by atoms with van der Waals surface area (Å²) in [6, 6.07) is 0. The van der Waals surface area contributed by atoms with Crippen molar-refractivity contribution in [1.82, 2.24) is 10.3 Å². The molecular formula is C15H26N4O5S. The van der Waals surface area contributed by atoms with Crippen molar-refractivity contribution in [2.24, 2.45) is 5.16 Å². The van der Waals surface area contributed by atoms with Gasteiger partial charge in [-0.1, -0.05) is 5.16 Å². The summed E-state index contributed by atoms with van der Waals surface area (Å²) in [5, 5.41) is 10.6. The number of rotatable bonds is 5. The molecule has 142 valence electrons. The maximum Gasteiger partial charge on any atom is 0.413 e. The van der Waals surface area contributed by atoms with E-state index in [0.29, 0.717) is 17.4 Å². The average Bonchev–Trinajstić information content (AvgIpc) is 2.94. The lowest BCUT2D eigenvalue weighted by atomic mass is 10.2. The Morgan fingerprint density at radius 1 is 1.32 bits per heavy atom. The van der Waals surface area contributed by atoms with Crippen molar-refractivity contribution in [2.75, 3.05) is 33.2 Å². The number of likely N-dealkylation sites (N-methyl/N-ethyl adjacent to an activating group) is 1. The molecule has 1 aromatic heterocycles. The first-order valence-electron chi connectivity index (χ1n) is 7.46. The molecule has 0 aliphatic rings. The Morgan fingerprint density at radius 3 is 2.40 bits per heavy atom. The van der Waals surface area contributed by atoms with Gasteiger partial charge in [-0.3, -0.25) is 10.1 Å². The number of ether oxygens (including phenoxy) is 2. The van der Waals surface area contributed by atoms with Gasteiger partial charge in [0.15, 0.2) is 10.8 Å². The molecule has 0 fully saturated rings. The number of hydrogen-bond acceptors (Lipinski definition) is 8. The first kappa shape index (κ1) is 22.8. The summed E-state index contributed by atoms with van der Waals surface area (Å²) < 4.78 is 9.38. The van der Waals surface area contributed by atoms with Crippen LogP contribution in [0.15, 0.2) is 10.5 Å². The van der Waals surface area contributed by atoms with E-state index in [2.05, 4.69) is 25.5 Å². The van der Waals surface area contributed by atoms with Gasteiger partial charge in [0.1, 0.15) is 17.9 Å². The van der Waals surface area contributed by atoms with Crippen LogP contribution in [0.4, 0.5) is 9.93 Å². The normalized spacial score (nSPS) is 11.1. The van der Waals surface area contributed by atoms with Gasteiger partial charge in [0, 0.05) is 26.6 Å². The molecule has 1 aromatic rings. The zero-order chi connectivity index (χ0) is 19.5. The summed E-state index contributed by atoms with van der Waals surface area (Å²) in [5.41, 5.74) is -0.255. The molecule has 0 radical (unpaired) electrons. The molecule has 0 saturated heterocycles. The lowest BCUT2D eigenvalue weighted by Gasteiger charge is -2.18. The molecule has 0 unspecified atom stereocenters. The molecule has 2 N–H and O–H groups in total. The summed E-state index contributed by atoms with van der Waals surface area (Å²) in [7, 11) is 4.73. The fourth-order valence-electron chi connectivity index (χ4n) is 1.28. The predicted molar refractivity (Wildman–Crippen MR) is 97.1 cm³/mol. The van der Waals surface area contributed by atoms with E-state index < -0.39 is 17.6 Å². The third kappa shape index (κ3) is 9.62. The fraction of sp³-hybridized carbons (Fsp3) is 0.600. The number of oxime groups is 1. The minimum Gasteiger partial charge on any atom is -0.444 e. The number of methoxy groups -OCH3 is 1. The highest BCUT2D eigenvalue weighted by atomic mass is 32.1. The summed E-state index contributed by atoms with van der Waals surface area (Å²) in [6.07, 6.45) is -0.614. The monoisotopic (exact) mass is 374 g/mol. The number of aromatic nitrogens is 1. The van der Waals surface area contributed by atoms with Gasteiger partial charge in [-0.15, -0.1) is 11.3 Å². The van der Waals surface area contributed by atoms with Crippen LogP contribution in [0.1, 0.15) is 33.4 Å². The molecule has 0 aromatic carbocycles. The SMILES string of the molecule is CCO/N=C(\C(=O)NC)c1csc(NC(=O)OC(C)(C)C)n1.COC. The van der Waals surface area contributed by atoms with E-state index in [-0.39, 0.29) is 5.71 Å². The van der Waals surface area contributed by atoms with Gasteiger partial charge < -0.3 is 19.6 Å². The van der Waals surface area contributed by atoms with Gasteiger partial charge in [-0.05, 0) is 27.7 Å². The molecule has 0 atom stereocenters. The maximum absolute atomic E-state index is 11.8. The molecule has 0 spiro atoms. The molecule has 10 heteroatoms. The second kappa shape index (κ2) is 11.4. The van der Waals surface area contributed by atoms with Crippen LogP contribution in [-0.4, -0.2) is 56.2 Å². The largest absolute Gasteiger partial charge is 0.444 e. The molecule has 0 bridgehead atoms. The zero-order valence-electron chi connectivity index (χ0n) is 15.6. The van der Waals surface area contributed by atoms with Crippen LogP contribution < -0.4 is 10.6 Å². The van der Waals surface area contributed by atoms with Crippen molar-refractivity contribution in [2.45, 2.75) is 33.3 Å². The van der Waals surface area contributed by atoms with Crippen molar-refractivity contribution in [3.63, 3.8) is 0 Å². The first-order valence-corrected chi connectivity index (χ1v) is 8.34. The van der Waals surface area contributed by atoms with Crippen LogP contribution in [0.25, 0.3) is 0 Å². The molecule has 2 amide bonds. The molecule has 0 aliphatic carbocycles. The smallest absolute Gasteiger partial charge is 0.413 e. The Bertz CT molecular complexity index is 581. The lowest BCUT2D eigenvalue weighted by molar-refractivity contribution is -0.114. The Morgan fingerprint density at radius 2 is 1.92 bits per heavy atom. The summed E-state index contributed by atoms with van der Waals surface area (Å²) in [4.78, 5) is 32.5. The minimum absolute atomic E-state index is 0.0397. The van der Waals surface area contributed by atoms with Crippen LogP contribution in [-0.2, 0) is 19.1 Å². The standard InChI is InChI=1S/C13H20N4O4S.C2H6O/c1-6-20-17-9(10(18)14-5)8-7-22-11(15-8)16-12(19)21-13(2,3)4;1-3-2/h7H,6H2,1-5H3,(H,14,18)(H,15,16,19);1-2H3/b17-9-;. The molecule has 25 heavy (non-hydrogen) atoms. The third-order valence-corrected chi connectivity index (χ3v) is 2.84. The van der Waals surface area contributed by atoms with Crippen LogP contribution >= 0.6 is 11.3 Å². The summed E-state index contributed by atoms with van der Waals surface area (Å²) in [5.74, 6) is -0.428. The number of nitrogens with zero attached hydrogens (tertiary/aromatic N) is 2. The molecule has 1 rings (SSSR count). The van der Waals surface area contributed by atoms with Gasteiger partial charge in [-0.2, -0.15) is 0 Å². The van der Waals surface area contributed by atoms with E-state index in [9.17, 15) is 9.59 Å².